The minimum Gasteiger partial charge on any atom is -0.310 e. The zero-order valence-electron chi connectivity index (χ0n) is 11.2. The fraction of sp³-hybridized carbons (Fsp3) is 0.786. The van der Waals surface area contributed by atoms with Gasteiger partial charge in [-0.2, -0.15) is 5.10 Å². The summed E-state index contributed by atoms with van der Waals surface area (Å²) in [5.41, 5.74) is 1.35. The molecule has 2 rings (SSSR count). The predicted molar refractivity (Wildman–Crippen MR) is 71.1 cm³/mol. The summed E-state index contributed by atoms with van der Waals surface area (Å²) < 4.78 is 2.19. The molecular formula is C14H25N3. The normalized spacial score (nSPS) is 18.7. The van der Waals surface area contributed by atoms with Gasteiger partial charge >= 0.3 is 0 Å². The maximum atomic E-state index is 4.55. The van der Waals surface area contributed by atoms with E-state index in [2.05, 4.69) is 41.3 Å². The van der Waals surface area contributed by atoms with Crippen LogP contribution < -0.4 is 5.32 Å². The van der Waals surface area contributed by atoms with Gasteiger partial charge in [-0.1, -0.05) is 26.7 Å². The van der Waals surface area contributed by atoms with E-state index in [-0.39, 0.29) is 0 Å². The van der Waals surface area contributed by atoms with E-state index in [1.54, 1.807) is 0 Å². The molecule has 17 heavy (non-hydrogen) atoms. The lowest BCUT2D eigenvalue weighted by molar-refractivity contribution is 0.464. The van der Waals surface area contributed by atoms with Crippen LogP contribution in [0.2, 0.25) is 0 Å². The molecule has 0 spiro atoms. The van der Waals surface area contributed by atoms with Crippen LogP contribution >= 0.6 is 0 Å². The molecule has 1 unspecified atom stereocenters. The second kappa shape index (κ2) is 6.20. The number of nitrogens with zero attached hydrogens (tertiary/aromatic N) is 2. The van der Waals surface area contributed by atoms with Gasteiger partial charge < -0.3 is 5.32 Å². The van der Waals surface area contributed by atoms with E-state index in [9.17, 15) is 0 Å². The van der Waals surface area contributed by atoms with Gasteiger partial charge in [0.05, 0.1) is 12.2 Å². The van der Waals surface area contributed by atoms with Crippen molar-refractivity contribution in [2.75, 3.05) is 6.54 Å². The highest BCUT2D eigenvalue weighted by Crippen LogP contribution is 2.29. The van der Waals surface area contributed by atoms with E-state index in [0.717, 1.165) is 13.0 Å². The van der Waals surface area contributed by atoms with Crippen molar-refractivity contribution in [1.82, 2.24) is 15.1 Å². The Morgan fingerprint density at radius 2 is 2.18 bits per heavy atom. The van der Waals surface area contributed by atoms with Gasteiger partial charge in [-0.3, -0.25) is 4.68 Å². The van der Waals surface area contributed by atoms with E-state index >= 15 is 0 Å². The Balaban J connectivity index is 1.99. The summed E-state index contributed by atoms with van der Waals surface area (Å²) >= 11 is 0. The molecule has 0 aromatic carbocycles. The maximum Gasteiger partial charge on any atom is 0.0537 e. The largest absolute Gasteiger partial charge is 0.310 e. The van der Waals surface area contributed by atoms with Crippen LogP contribution in [0.4, 0.5) is 0 Å². The minimum atomic E-state index is 0.477. The molecule has 96 valence electrons. The van der Waals surface area contributed by atoms with Gasteiger partial charge in [0.15, 0.2) is 0 Å². The quantitative estimate of drug-likeness (QED) is 0.818. The first-order valence-electron chi connectivity index (χ1n) is 7.12. The van der Waals surface area contributed by atoms with Crippen molar-refractivity contribution in [3.05, 3.63) is 18.0 Å². The summed E-state index contributed by atoms with van der Waals surface area (Å²) in [6.07, 6.45) is 12.0. The number of nitrogens with one attached hydrogen (secondary N) is 1. The van der Waals surface area contributed by atoms with Crippen LogP contribution in [-0.4, -0.2) is 16.3 Å². The molecule has 1 aromatic rings. The Morgan fingerprint density at radius 3 is 2.82 bits per heavy atom. The number of rotatable bonds is 6. The van der Waals surface area contributed by atoms with Gasteiger partial charge in [0.2, 0.25) is 0 Å². The monoisotopic (exact) mass is 235 g/mol. The van der Waals surface area contributed by atoms with Gasteiger partial charge in [-0.25, -0.2) is 0 Å². The first-order chi connectivity index (χ1) is 8.35. The van der Waals surface area contributed by atoms with Crippen LogP contribution in [0.1, 0.15) is 70.0 Å². The second-order valence-corrected chi connectivity index (χ2v) is 5.11. The van der Waals surface area contributed by atoms with Gasteiger partial charge in [0, 0.05) is 17.8 Å². The molecule has 1 heterocycles. The SMILES string of the molecule is CCCNC(CC)c1cnn(C2CCCC2)c1. The Morgan fingerprint density at radius 1 is 1.41 bits per heavy atom. The van der Waals surface area contributed by atoms with E-state index in [0.29, 0.717) is 12.1 Å². The molecule has 1 aromatic heterocycles. The molecule has 3 heteroatoms. The lowest BCUT2D eigenvalue weighted by Gasteiger charge is -2.15. The number of hydrogen-bond donors (Lipinski definition) is 1. The van der Waals surface area contributed by atoms with Crippen molar-refractivity contribution in [2.45, 2.75) is 64.5 Å². The highest BCUT2D eigenvalue weighted by atomic mass is 15.3. The molecule has 1 aliphatic carbocycles. The maximum absolute atomic E-state index is 4.55. The molecule has 1 fully saturated rings. The highest BCUT2D eigenvalue weighted by Gasteiger charge is 2.19. The summed E-state index contributed by atoms with van der Waals surface area (Å²) in [6, 6.07) is 1.14. The average molecular weight is 235 g/mol. The Hall–Kier alpha value is -0.830. The molecule has 1 atom stereocenters. The Bertz CT molecular complexity index is 326. The molecule has 1 N–H and O–H groups in total. The van der Waals surface area contributed by atoms with Gasteiger partial charge in [0.25, 0.3) is 0 Å². The van der Waals surface area contributed by atoms with Gasteiger partial charge in [0.1, 0.15) is 0 Å². The molecule has 1 aliphatic rings. The van der Waals surface area contributed by atoms with Crippen LogP contribution in [0.3, 0.4) is 0 Å². The third-order valence-electron chi connectivity index (χ3n) is 3.77. The molecular weight excluding hydrogens is 210 g/mol. The van der Waals surface area contributed by atoms with Crippen molar-refractivity contribution in [3.63, 3.8) is 0 Å². The third-order valence-corrected chi connectivity index (χ3v) is 3.77. The summed E-state index contributed by atoms with van der Waals surface area (Å²) in [4.78, 5) is 0. The molecule has 0 radical (unpaired) electrons. The third kappa shape index (κ3) is 3.09. The van der Waals surface area contributed by atoms with Crippen molar-refractivity contribution in [2.24, 2.45) is 0 Å². The summed E-state index contributed by atoms with van der Waals surface area (Å²) in [5.74, 6) is 0. The topological polar surface area (TPSA) is 29.9 Å². The van der Waals surface area contributed by atoms with Crippen LogP contribution in [0.25, 0.3) is 0 Å². The molecule has 1 saturated carbocycles. The van der Waals surface area contributed by atoms with Crippen LogP contribution in [-0.2, 0) is 0 Å². The first-order valence-corrected chi connectivity index (χ1v) is 7.12. The van der Waals surface area contributed by atoms with Crippen LogP contribution in [0.15, 0.2) is 12.4 Å². The Kier molecular flexibility index (Phi) is 4.60. The lowest BCUT2D eigenvalue weighted by Crippen LogP contribution is -2.21. The standard InChI is InChI=1S/C14H25N3/c1-3-9-15-14(4-2)12-10-16-17(11-12)13-7-5-6-8-13/h10-11,13-15H,3-9H2,1-2H3. The first kappa shape index (κ1) is 12.6. The summed E-state index contributed by atoms with van der Waals surface area (Å²) in [5, 5.41) is 8.14. The van der Waals surface area contributed by atoms with Crippen molar-refractivity contribution in [1.29, 1.82) is 0 Å². The summed E-state index contributed by atoms with van der Waals surface area (Å²) in [6.45, 7) is 5.54. The van der Waals surface area contributed by atoms with Gasteiger partial charge in [-0.15, -0.1) is 0 Å². The van der Waals surface area contributed by atoms with E-state index in [1.807, 2.05) is 0 Å². The zero-order valence-corrected chi connectivity index (χ0v) is 11.2. The average Bonchev–Trinajstić information content (AvgIpc) is 3.00. The molecule has 0 bridgehead atoms. The molecule has 3 nitrogen and oxygen atoms in total. The molecule has 0 saturated heterocycles. The van der Waals surface area contributed by atoms with Crippen LogP contribution in [0, 0.1) is 0 Å². The fourth-order valence-electron chi connectivity index (χ4n) is 2.72. The summed E-state index contributed by atoms with van der Waals surface area (Å²) in [7, 11) is 0. The minimum absolute atomic E-state index is 0.477. The fourth-order valence-corrected chi connectivity index (χ4v) is 2.72. The molecule has 0 aliphatic heterocycles. The Labute approximate surface area is 105 Å². The highest BCUT2D eigenvalue weighted by molar-refractivity contribution is 5.10. The molecule has 0 amide bonds. The van der Waals surface area contributed by atoms with E-state index in [4.69, 9.17) is 0 Å². The lowest BCUT2D eigenvalue weighted by atomic mass is 10.1. The van der Waals surface area contributed by atoms with Crippen molar-refractivity contribution < 1.29 is 0 Å². The van der Waals surface area contributed by atoms with Crippen molar-refractivity contribution in [3.8, 4) is 0 Å². The number of aromatic nitrogens is 2. The van der Waals surface area contributed by atoms with E-state index in [1.165, 1.54) is 37.7 Å². The van der Waals surface area contributed by atoms with E-state index < -0.39 is 0 Å². The zero-order chi connectivity index (χ0) is 12.1. The number of hydrogen-bond acceptors (Lipinski definition) is 2. The van der Waals surface area contributed by atoms with Crippen LogP contribution in [0.5, 0.6) is 0 Å². The second-order valence-electron chi connectivity index (χ2n) is 5.11. The van der Waals surface area contributed by atoms with Crippen molar-refractivity contribution >= 4 is 0 Å². The predicted octanol–water partition coefficient (Wildman–Crippen LogP) is 3.45. The smallest absolute Gasteiger partial charge is 0.0537 e. The van der Waals surface area contributed by atoms with Gasteiger partial charge in [-0.05, 0) is 32.2 Å².